The van der Waals surface area contributed by atoms with E-state index in [1.54, 1.807) is 30.3 Å². The van der Waals surface area contributed by atoms with Gasteiger partial charge in [0.15, 0.2) is 0 Å². The number of hydrogen-bond acceptors (Lipinski definition) is 3. The number of aryl methyl sites for hydroxylation is 2. The maximum atomic E-state index is 13.7. The molecule has 0 aliphatic rings. The number of anilines is 3. The number of halogens is 1. The van der Waals surface area contributed by atoms with Gasteiger partial charge in [0.25, 0.3) is 5.91 Å². The Balaban J connectivity index is 1.74. The van der Waals surface area contributed by atoms with E-state index in [9.17, 15) is 9.18 Å². The van der Waals surface area contributed by atoms with Crippen molar-refractivity contribution in [1.82, 2.24) is 4.98 Å². The molecular weight excluding hydrogens is 317 g/mol. The summed E-state index contributed by atoms with van der Waals surface area (Å²) in [6, 6.07) is 15.5. The van der Waals surface area contributed by atoms with Gasteiger partial charge in [-0.2, -0.15) is 0 Å². The lowest BCUT2D eigenvalue weighted by Crippen LogP contribution is -2.15. The second-order valence-electron chi connectivity index (χ2n) is 5.76. The van der Waals surface area contributed by atoms with Crippen LogP contribution in [0.4, 0.5) is 21.5 Å². The van der Waals surface area contributed by atoms with E-state index in [-0.39, 0.29) is 11.7 Å². The monoisotopic (exact) mass is 335 g/mol. The van der Waals surface area contributed by atoms with Crippen molar-refractivity contribution >= 4 is 23.0 Å². The summed E-state index contributed by atoms with van der Waals surface area (Å²) < 4.78 is 13.7. The average Bonchev–Trinajstić information content (AvgIpc) is 2.61. The summed E-state index contributed by atoms with van der Waals surface area (Å²) in [4.78, 5) is 16.6. The fraction of sp³-hybridized carbons (Fsp3) is 0.100. The molecule has 0 fully saturated rings. The predicted molar refractivity (Wildman–Crippen MR) is 97.8 cm³/mol. The Hall–Kier alpha value is -3.21. The van der Waals surface area contributed by atoms with E-state index < -0.39 is 0 Å². The highest BCUT2D eigenvalue weighted by Gasteiger charge is 2.11. The average molecular weight is 335 g/mol. The van der Waals surface area contributed by atoms with Gasteiger partial charge in [-0.1, -0.05) is 30.3 Å². The minimum absolute atomic E-state index is 0.283. The molecule has 0 aliphatic carbocycles. The van der Waals surface area contributed by atoms with E-state index in [0.717, 1.165) is 16.8 Å². The number of amides is 1. The molecule has 0 atom stereocenters. The normalized spacial score (nSPS) is 10.4. The molecule has 126 valence electrons. The number of benzene rings is 2. The number of carbonyl (C=O) groups is 1. The van der Waals surface area contributed by atoms with E-state index in [1.807, 2.05) is 32.0 Å². The van der Waals surface area contributed by atoms with Crippen molar-refractivity contribution in [2.75, 3.05) is 10.6 Å². The fourth-order valence-corrected chi connectivity index (χ4v) is 2.51. The third kappa shape index (κ3) is 3.83. The van der Waals surface area contributed by atoms with Crippen LogP contribution >= 0.6 is 0 Å². The van der Waals surface area contributed by atoms with Crippen LogP contribution in [0.3, 0.4) is 0 Å². The molecule has 5 heteroatoms. The molecule has 0 saturated carbocycles. The smallest absolute Gasteiger partial charge is 0.274 e. The Kier molecular flexibility index (Phi) is 4.75. The van der Waals surface area contributed by atoms with Crippen molar-refractivity contribution < 1.29 is 9.18 Å². The number of rotatable bonds is 4. The number of carbonyl (C=O) groups excluding carboxylic acids is 1. The van der Waals surface area contributed by atoms with Gasteiger partial charge in [0.2, 0.25) is 0 Å². The van der Waals surface area contributed by atoms with Crippen LogP contribution in [0.25, 0.3) is 0 Å². The van der Waals surface area contributed by atoms with Crippen LogP contribution in [0.2, 0.25) is 0 Å². The summed E-state index contributed by atoms with van der Waals surface area (Å²) in [6.07, 6.45) is 1.51. The van der Waals surface area contributed by atoms with Crippen molar-refractivity contribution in [3.8, 4) is 0 Å². The van der Waals surface area contributed by atoms with E-state index >= 15 is 0 Å². The number of para-hydroxylation sites is 2. The zero-order valence-corrected chi connectivity index (χ0v) is 14.0. The molecule has 1 heterocycles. The molecule has 0 aliphatic heterocycles. The van der Waals surface area contributed by atoms with Crippen molar-refractivity contribution in [2.45, 2.75) is 13.8 Å². The Morgan fingerprint density at radius 3 is 2.32 bits per heavy atom. The molecule has 4 nitrogen and oxygen atoms in total. The lowest BCUT2D eigenvalue weighted by atomic mass is 10.1. The molecule has 0 radical (unpaired) electrons. The summed E-state index contributed by atoms with van der Waals surface area (Å²) in [5, 5.41) is 5.83. The molecule has 1 amide bonds. The lowest BCUT2D eigenvalue weighted by Gasteiger charge is -2.11. The van der Waals surface area contributed by atoms with Crippen LogP contribution in [0.5, 0.6) is 0 Å². The molecule has 2 N–H and O–H groups in total. The van der Waals surface area contributed by atoms with Crippen molar-refractivity contribution in [3.63, 3.8) is 0 Å². The fourth-order valence-electron chi connectivity index (χ4n) is 2.51. The van der Waals surface area contributed by atoms with Crippen molar-refractivity contribution in [2.24, 2.45) is 0 Å². The molecule has 0 unspecified atom stereocenters. The Labute approximate surface area is 145 Å². The van der Waals surface area contributed by atoms with Gasteiger partial charge >= 0.3 is 0 Å². The Bertz CT molecular complexity index is 887. The van der Waals surface area contributed by atoms with E-state index in [1.165, 1.54) is 12.3 Å². The minimum Gasteiger partial charge on any atom is -0.352 e. The van der Waals surface area contributed by atoms with Crippen LogP contribution in [-0.2, 0) is 0 Å². The van der Waals surface area contributed by atoms with Gasteiger partial charge in [-0.25, -0.2) is 9.37 Å². The third-order valence-corrected chi connectivity index (χ3v) is 3.87. The third-order valence-electron chi connectivity index (χ3n) is 3.87. The van der Waals surface area contributed by atoms with E-state index in [0.29, 0.717) is 17.1 Å². The highest BCUT2D eigenvalue weighted by molar-refractivity contribution is 6.03. The number of hydrogen-bond donors (Lipinski definition) is 2. The quantitative estimate of drug-likeness (QED) is 0.718. The van der Waals surface area contributed by atoms with E-state index in [2.05, 4.69) is 15.6 Å². The molecule has 1 aromatic heterocycles. The van der Waals surface area contributed by atoms with Crippen LogP contribution in [0.1, 0.15) is 21.6 Å². The lowest BCUT2D eigenvalue weighted by molar-refractivity contribution is 0.102. The first kappa shape index (κ1) is 16.6. The minimum atomic E-state index is -0.348. The highest BCUT2D eigenvalue weighted by Crippen LogP contribution is 2.21. The molecule has 2 aromatic carbocycles. The van der Waals surface area contributed by atoms with Gasteiger partial charge in [-0.15, -0.1) is 0 Å². The number of nitrogens with zero attached hydrogens (tertiary/aromatic N) is 1. The SMILES string of the molecule is Cc1cccc(C)c1NC(=O)c1ccc(Nc2ccccc2F)cn1. The summed E-state index contributed by atoms with van der Waals surface area (Å²) in [5.74, 6) is -0.630. The molecule has 3 rings (SSSR count). The molecule has 3 aromatic rings. The maximum Gasteiger partial charge on any atom is 0.274 e. The second kappa shape index (κ2) is 7.13. The van der Waals surface area contributed by atoms with Crippen LogP contribution in [0, 0.1) is 19.7 Å². The first-order valence-corrected chi connectivity index (χ1v) is 7.90. The van der Waals surface area contributed by atoms with Crippen LogP contribution in [-0.4, -0.2) is 10.9 Å². The van der Waals surface area contributed by atoms with Gasteiger partial charge in [-0.3, -0.25) is 4.79 Å². The Morgan fingerprint density at radius 1 is 0.960 bits per heavy atom. The van der Waals surface area contributed by atoms with Gasteiger partial charge in [0.1, 0.15) is 11.5 Å². The highest BCUT2D eigenvalue weighted by atomic mass is 19.1. The number of aromatic nitrogens is 1. The van der Waals surface area contributed by atoms with Gasteiger partial charge in [-0.05, 0) is 49.2 Å². The molecule has 0 bridgehead atoms. The molecule has 0 saturated heterocycles. The van der Waals surface area contributed by atoms with E-state index in [4.69, 9.17) is 0 Å². The van der Waals surface area contributed by atoms with Crippen molar-refractivity contribution in [3.05, 3.63) is 83.4 Å². The number of pyridine rings is 1. The van der Waals surface area contributed by atoms with Crippen molar-refractivity contribution in [1.29, 1.82) is 0 Å². The summed E-state index contributed by atoms with van der Waals surface area (Å²) in [7, 11) is 0. The molecular formula is C20H18FN3O. The van der Waals surface area contributed by atoms with Crippen LogP contribution < -0.4 is 10.6 Å². The second-order valence-corrected chi connectivity index (χ2v) is 5.76. The molecule has 25 heavy (non-hydrogen) atoms. The first-order chi connectivity index (χ1) is 12.0. The maximum absolute atomic E-state index is 13.7. The number of nitrogens with one attached hydrogen (secondary N) is 2. The van der Waals surface area contributed by atoms with Gasteiger partial charge in [0.05, 0.1) is 17.6 Å². The summed E-state index contributed by atoms with van der Waals surface area (Å²) in [6.45, 7) is 3.88. The summed E-state index contributed by atoms with van der Waals surface area (Å²) >= 11 is 0. The predicted octanol–water partition coefficient (Wildman–Crippen LogP) is 4.83. The molecule has 0 spiro atoms. The van der Waals surface area contributed by atoms with Gasteiger partial charge in [0, 0.05) is 5.69 Å². The Morgan fingerprint density at radius 2 is 1.68 bits per heavy atom. The summed E-state index contributed by atoms with van der Waals surface area (Å²) in [5.41, 5.74) is 4.03. The topological polar surface area (TPSA) is 54.0 Å². The zero-order valence-electron chi connectivity index (χ0n) is 14.0. The zero-order chi connectivity index (χ0) is 17.8. The van der Waals surface area contributed by atoms with Gasteiger partial charge < -0.3 is 10.6 Å². The first-order valence-electron chi connectivity index (χ1n) is 7.90. The largest absolute Gasteiger partial charge is 0.352 e. The standard InChI is InChI=1S/C20H18FN3O/c1-13-6-5-7-14(2)19(13)24-20(25)18-11-10-15(12-22-18)23-17-9-4-3-8-16(17)21/h3-12,23H,1-2H3,(H,24,25). The van der Waals surface area contributed by atoms with Crippen LogP contribution in [0.15, 0.2) is 60.8 Å².